The van der Waals surface area contributed by atoms with Crippen LogP contribution in [0, 0.1) is 5.92 Å². The first-order valence-electron chi connectivity index (χ1n) is 12.1. The molecule has 5 rings (SSSR count). The summed E-state index contributed by atoms with van der Waals surface area (Å²) in [7, 11) is 0. The molecular formula is C27H29N5O4. The quantitative estimate of drug-likeness (QED) is 0.340. The SMILES string of the molecule is CCc1c(-c2nc(-c3ccc(CN4CC(C(=O)OC(C)(C)C)C4)cc3)no2)noc1-c1ccccn1. The molecule has 0 N–H and O–H groups in total. The van der Waals surface area contributed by atoms with Crippen LogP contribution in [-0.4, -0.2) is 49.8 Å². The van der Waals surface area contributed by atoms with Gasteiger partial charge in [0.1, 0.15) is 11.3 Å². The fraction of sp³-hybridized carbons (Fsp3) is 0.370. The van der Waals surface area contributed by atoms with Crippen LogP contribution in [0.3, 0.4) is 0 Å². The van der Waals surface area contributed by atoms with E-state index in [1.165, 1.54) is 0 Å². The zero-order valence-corrected chi connectivity index (χ0v) is 20.9. The summed E-state index contributed by atoms with van der Waals surface area (Å²) in [5.74, 6) is 1.23. The van der Waals surface area contributed by atoms with Gasteiger partial charge in [0.2, 0.25) is 5.82 Å². The van der Waals surface area contributed by atoms with E-state index in [0.717, 1.165) is 23.2 Å². The van der Waals surface area contributed by atoms with E-state index in [9.17, 15) is 4.79 Å². The number of hydrogen-bond acceptors (Lipinski definition) is 9. The first-order chi connectivity index (χ1) is 17.3. The predicted octanol–water partition coefficient (Wildman–Crippen LogP) is 4.79. The molecule has 1 fully saturated rings. The van der Waals surface area contributed by atoms with Gasteiger partial charge in [-0.1, -0.05) is 47.6 Å². The Morgan fingerprint density at radius 3 is 2.53 bits per heavy atom. The highest BCUT2D eigenvalue weighted by atomic mass is 16.6. The molecule has 0 atom stereocenters. The fourth-order valence-corrected chi connectivity index (χ4v) is 4.19. The number of nitrogens with zero attached hydrogens (tertiary/aromatic N) is 5. The summed E-state index contributed by atoms with van der Waals surface area (Å²) in [6, 6.07) is 13.7. The highest BCUT2D eigenvalue weighted by molar-refractivity contribution is 5.74. The maximum atomic E-state index is 12.2. The van der Waals surface area contributed by atoms with Gasteiger partial charge in [-0.2, -0.15) is 4.98 Å². The number of aromatic nitrogens is 4. The number of rotatable bonds is 7. The van der Waals surface area contributed by atoms with Crippen LogP contribution in [0.5, 0.6) is 0 Å². The molecule has 9 heteroatoms. The summed E-state index contributed by atoms with van der Waals surface area (Å²) in [6.07, 6.45) is 2.40. The van der Waals surface area contributed by atoms with Crippen molar-refractivity contribution >= 4 is 5.97 Å². The zero-order valence-electron chi connectivity index (χ0n) is 20.9. The molecule has 9 nitrogen and oxygen atoms in total. The van der Waals surface area contributed by atoms with Crippen molar-refractivity contribution in [3.05, 3.63) is 59.8 Å². The van der Waals surface area contributed by atoms with Gasteiger partial charge in [-0.05, 0) is 44.9 Å². The number of pyridine rings is 1. The molecule has 0 spiro atoms. The molecule has 0 radical (unpaired) electrons. The first-order valence-corrected chi connectivity index (χ1v) is 12.1. The number of benzene rings is 1. The minimum Gasteiger partial charge on any atom is -0.460 e. The van der Waals surface area contributed by atoms with Gasteiger partial charge in [0.05, 0.1) is 5.92 Å². The molecule has 0 bridgehead atoms. The zero-order chi connectivity index (χ0) is 25.3. The normalized spacial score (nSPS) is 14.6. The van der Waals surface area contributed by atoms with Crippen molar-refractivity contribution in [3.63, 3.8) is 0 Å². The van der Waals surface area contributed by atoms with E-state index in [1.807, 2.05) is 70.2 Å². The highest BCUT2D eigenvalue weighted by Gasteiger charge is 2.35. The molecule has 1 aliphatic heterocycles. The Balaban J connectivity index is 1.23. The molecule has 3 aromatic heterocycles. The third-order valence-electron chi connectivity index (χ3n) is 5.98. The second-order valence-corrected chi connectivity index (χ2v) is 9.95. The summed E-state index contributed by atoms with van der Waals surface area (Å²) in [5.41, 5.74) is 3.66. The van der Waals surface area contributed by atoms with Gasteiger partial charge in [-0.25, -0.2) is 0 Å². The second kappa shape index (κ2) is 9.66. The molecule has 0 amide bonds. The van der Waals surface area contributed by atoms with Crippen molar-refractivity contribution in [3.8, 4) is 34.4 Å². The molecule has 1 saturated heterocycles. The highest BCUT2D eigenvalue weighted by Crippen LogP contribution is 2.32. The van der Waals surface area contributed by atoms with Crippen LogP contribution in [0.1, 0.15) is 38.8 Å². The van der Waals surface area contributed by atoms with Crippen LogP contribution < -0.4 is 0 Å². The lowest BCUT2D eigenvalue weighted by molar-refractivity contribution is -0.166. The molecule has 0 aliphatic carbocycles. The molecule has 1 aromatic carbocycles. The Morgan fingerprint density at radius 1 is 1.08 bits per heavy atom. The Morgan fingerprint density at radius 2 is 1.86 bits per heavy atom. The summed E-state index contributed by atoms with van der Waals surface area (Å²) in [6.45, 7) is 9.89. The van der Waals surface area contributed by atoms with Crippen molar-refractivity contribution in [1.29, 1.82) is 0 Å². The molecule has 4 aromatic rings. The van der Waals surface area contributed by atoms with Crippen LogP contribution in [0.2, 0.25) is 0 Å². The van der Waals surface area contributed by atoms with Gasteiger partial charge in [0, 0.05) is 37.0 Å². The summed E-state index contributed by atoms with van der Waals surface area (Å²) in [5, 5.41) is 8.34. The van der Waals surface area contributed by atoms with Crippen molar-refractivity contribution in [2.45, 2.75) is 46.3 Å². The average Bonchev–Trinajstić information content (AvgIpc) is 3.48. The van der Waals surface area contributed by atoms with E-state index in [0.29, 0.717) is 48.4 Å². The van der Waals surface area contributed by atoms with Gasteiger partial charge >= 0.3 is 5.97 Å². The lowest BCUT2D eigenvalue weighted by atomic mass is 9.98. The van der Waals surface area contributed by atoms with E-state index in [1.54, 1.807) is 6.20 Å². The molecular weight excluding hydrogens is 458 g/mol. The molecule has 4 heterocycles. The molecule has 186 valence electrons. The van der Waals surface area contributed by atoms with Gasteiger partial charge in [0.15, 0.2) is 11.5 Å². The van der Waals surface area contributed by atoms with Crippen LogP contribution in [0.15, 0.2) is 57.7 Å². The van der Waals surface area contributed by atoms with E-state index in [4.69, 9.17) is 13.8 Å². The van der Waals surface area contributed by atoms with Crippen LogP contribution in [0.4, 0.5) is 0 Å². The maximum absolute atomic E-state index is 12.2. The van der Waals surface area contributed by atoms with Gasteiger partial charge < -0.3 is 13.8 Å². The standard InChI is InChI=1S/C27H29N5O4/c1-5-20-22(30-35-23(20)21-8-6-7-13-28-21)25-29-24(31-36-25)18-11-9-17(10-12-18)14-32-15-19(16-32)26(33)34-27(2,3)4/h6-13,19H,5,14-16H2,1-4H3. The Kier molecular flexibility index (Phi) is 6.40. The average molecular weight is 488 g/mol. The number of ether oxygens (including phenoxy) is 1. The van der Waals surface area contributed by atoms with E-state index < -0.39 is 5.60 Å². The summed E-state index contributed by atoms with van der Waals surface area (Å²) >= 11 is 0. The van der Waals surface area contributed by atoms with E-state index in [-0.39, 0.29) is 11.9 Å². The van der Waals surface area contributed by atoms with E-state index >= 15 is 0 Å². The predicted molar refractivity (Wildman–Crippen MR) is 132 cm³/mol. The molecule has 1 aliphatic rings. The van der Waals surface area contributed by atoms with Gasteiger partial charge in [-0.3, -0.25) is 14.7 Å². The number of carbonyl (C=O) groups excluding carboxylic acids is 1. The Labute approximate surface area is 209 Å². The maximum Gasteiger partial charge on any atom is 0.312 e. The second-order valence-electron chi connectivity index (χ2n) is 9.95. The summed E-state index contributed by atoms with van der Waals surface area (Å²) in [4.78, 5) is 23.3. The number of esters is 1. The fourth-order valence-electron chi connectivity index (χ4n) is 4.19. The van der Waals surface area contributed by atoms with Crippen LogP contribution >= 0.6 is 0 Å². The number of carbonyl (C=O) groups is 1. The van der Waals surface area contributed by atoms with Crippen molar-refractivity contribution < 1.29 is 18.6 Å². The van der Waals surface area contributed by atoms with Crippen molar-refractivity contribution in [2.24, 2.45) is 5.92 Å². The van der Waals surface area contributed by atoms with Crippen molar-refractivity contribution in [2.75, 3.05) is 13.1 Å². The lowest BCUT2D eigenvalue weighted by Gasteiger charge is -2.38. The summed E-state index contributed by atoms with van der Waals surface area (Å²) < 4.78 is 16.6. The minimum absolute atomic E-state index is 0.0519. The van der Waals surface area contributed by atoms with Crippen molar-refractivity contribution in [1.82, 2.24) is 25.2 Å². The molecule has 36 heavy (non-hydrogen) atoms. The topological polar surface area (TPSA) is 107 Å². The smallest absolute Gasteiger partial charge is 0.312 e. The van der Waals surface area contributed by atoms with Crippen LogP contribution in [-0.2, 0) is 22.5 Å². The Hall–Kier alpha value is -3.85. The third kappa shape index (κ3) is 5.06. The monoisotopic (exact) mass is 487 g/mol. The third-order valence-corrected chi connectivity index (χ3v) is 5.98. The molecule has 0 unspecified atom stereocenters. The first kappa shape index (κ1) is 23.9. The van der Waals surface area contributed by atoms with E-state index in [2.05, 4.69) is 25.2 Å². The minimum atomic E-state index is -0.449. The number of hydrogen-bond donors (Lipinski definition) is 0. The number of likely N-dealkylation sites (tertiary alicyclic amines) is 1. The van der Waals surface area contributed by atoms with Gasteiger partial charge in [0.25, 0.3) is 5.89 Å². The lowest BCUT2D eigenvalue weighted by Crippen LogP contribution is -2.51. The molecule has 0 saturated carbocycles. The largest absolute Gasteiger partial charge is 0.460 e. The van der Waals surface area contributed by atoms with Crippen LogP contribution in [0.25, 0.3) is 34.4 Å². The Bertz CT molecular complexity index is 1330. The van der Waals surface area contributed by atoms with Gasteiger partial charge in [-0.15, -0.1) is 0 Å².